The van der Waals surface area contributed by atoms with E-state index in [1.54, 1.807) is 0 Å². The summed E-state index contributed by atoms with van der Waals surface area (Å²) >= 11 is 6.00. The summed E-state index contributed by atoms with van der Waals surface area (Å²) in [6, 6.07) is 0. The van der Waals surface area contributed by atoms with E-state index in [-0.39, 0.29) is 11.5 Å². The van der Waals surface area contributed by atoms with E-state index in [4.69, 9.17) is 16.3 Å². The highest BCUT2D eigenvalue weighted by Crippen LogP contribution is 2.24. The predicted molar refractivity (Wildman–Crippen MR) is 54.1 cm³/mol. The molecule has 0 saturated heterocycles. The maximum Gasteiger partial charge on any atom is 0.0952 e. The third-order valence-corrected chi connectivity index (χ3v) is 2.73. The van der Waals surface area contributed by atoms with Crippen LogP contribution < -0.4 is 0 Å². The van der Waals surface area contributed by atoms with E-state index in [2.05, 4.69) is 6.58 Å². The van der Waals surface area contributed by atoms with Crippen LogP contribution in [-0.4, -0.2) is 29.3 Å². The van der Waals surface area contributed by atoms with Crippen molar-refractivity contribution >= 4 is 11.6 Å². The Bertz CT molecular complexity index is 161. The van der Waals surface area contributed by atoms with E-state index < -0.39 is 6.10 Å². The first-order chi connectivity index (χ1) is 6.22. The van der Waals surface area contributed by atoms with Crippen LogP contribution in [0, 0.1) is 0 Å². The molecule has 1 rings (SSSR count). The molecule has 1 N–H and O–H groups in total. The summed E-state index contributed by atoms with van der Waals surface area (Å²) in [5.41, 5.74) is 0. The molecule has 0 bridgehead atoms. The van der Waals surface area contributed by atoms with Crippen LogP contribution in [0.2, 0.25) is 0 Å². The van der Waals surface area contributed by atoms with E-state index in [9.17, 15) is 5.11 Å². The Hall–Kier alpha value is -0.0500. The molecule has 0 radical (unpaired) electrons. The predicted octanol–water partition coefficient (Wildman–Crippen LogP) is 2.10. The van der Waals surface area contributed by atoms with Gasteiger partial charge >= 0.3 is 0 Å². The molecule has 0 aliphatic heterocycles. The summed E-state index contributed by atoms with van der Waals surface area (Å²) in [5, 5.41) is 9.43. The van der Waals surface area contributed by atoms with Gasteiger partial charge in [-0.05, 0) is 25.7 Å². The van der Waals surface area contributed by atoms with Crippen molar-refractivity contribution in [3.8, 4) is 0 Å². The number of aliphatic hydroxyl groups is 1. The minimum atomic E-state index is -0.546. The summed E-state index contributed by atoms with van der Waals surface area (Å²) in [6.45, 7) is 3.83. The van der Waals surface area contributed by atoms with E-state index in [0.717, 1.165) is 25.7 Å². The summed E-state index contributed by atoms with van der Waals surface area (Å²) in [7, 11) is 0. The van der Waals surface area contributed by atoms with Gasteiger partial charge in [0, 0.05) is 5.38 Å². The molecule has 0 aromatic rings. The number of alkyl halides is 1. The van der Waals surface area contributed by atoms with Crippen LogP contribution in [0.15, 0.2) is 12.7 Å². The maximum absolute atomic E-state index is 9.18. The van der Waals surface area contributed by atoms with Gasteiger partial charge < -0.3 is 9.84 Å². The van der Waals surface area contributed by atoms with E-state index in [0.29, 0.717) is 6.61 Å². The van der Waals surface area contributed by atoms with Crippen molar-refractivity contribution in [2.24, 2.45) is 0 Å². The fourth-order valence-corrected chi connectivity index (χ4v) is 1.90. The van der Waals surface area contributed by atoms with Gasteiger partial charge in [0.25, 0.3) is 0 Å². The van der Waals surface area contributed by atoms with Crippen LogP contribution in [-0.2, 0) is 4.74 Å². The molecule has 3 unspecified atom stereocenters. The zero-order valence-corrected chi connectivity index (χ0v) is 8.54. The summed E-state index contributed by atoms with van der Waals surface area (Å²) < 4.78 is 5.50. The smallest absolute Gasteiger partial charge is 0.0952 e. The number of hydrogen-bond acceptors (Lipinski definition) is 2. The molecule has 3 heteroatoms. The van der Waals surface area contributed by atoms with Crippen LogP contribution >= 0.6 is 11.6 Å². The van der Waals surface area contributed by atoms with Gasteiger partial charge in [-0.2, -0.15) is 0 Å². The first kappa shape index (κ1) is 11.0. The van der Waals surface area contributed by atoms with Gasteiger partial charge in [0.2, 0.25) is 0 Å². The molecule has 1 saturated carbocycles. The van der Waals surface area contributed by atoms with Gasteiger partial charge in [-0.3, -0.25) is 0 Å². The largest absolute Gasteiger partial charge is 0.387 e. The fraction of sp³-hybridized carbons (Fsp3) is 0.800. The molecule has 1 aliphatic rings. The van der Waals surface area contributed by atoms with Gasteiger partial charge in [0.05, 0.1) is 18.8 Å². The van der Waals surface area contributed by atoms with Crippen molar-refractivity contribution in [3.05, 3.63) is 12.7 Å². The fourth-order valence-electron chi connectivity index (χ4n) is 1.54. The lowest BCUT2D eigenvalue weighted by atomic mass is 9.97. The highest BCUT2D eigenvalue weighted by Gasteiger charge is 2.20. The highest BCUT2D eigenvalue weighted by molar-refractivity contribution is 6.20. The van der Waals surface area contributed by atoms with Gasteiger partial charge in [0.1, 0.15) is 0 Å². The molecule has 0 amide bonds. The Morgan fingerprint density at radius 2 is 2.38 bits per heavy atom. The average molecular weight is 205 g/mol. The van der Waals surface area contributed by atoms with Crippen molar-refractivity contribution in [1.82, 2.24) is 0 Å². The lowest BCUT2D eigenvalue weighted by molar-refractivity contribution is -0.00912. The lowest BCUT2D eigenvalue weighted by Crippen LogP contribution is -2.26. The molecule has 13 heavy (non-hydrogen) atoms. The molecule has 1 aliphatic carbocycles. The number of hydrogen-bond donors (Lipinski definition) is 1. The van der Waals surface area contributed by atoms with E-state index in [1.165, 1.54) is 6.08 Å². The van der Waals surface area contributed by atoms with Gasteiger partial charge in [-0.1, -0.05) is 6.08 Å². The number of rotatable bonds is 4. The van der Waals surface area contributed by atoms with E-state index >= 15 is 0 Å². The summed E-state index contributed by atoms with van der Waals surface area (Å²) in [5.74, 6) is 0. The molecule has 76 valence electrons. The Morgan fingerprint density at radius 3 is 3.00 bits per heavy atom. The topological polar surface area (TPSA) is 29.5 Å². The SMILES string of the molecule is C=CC(O)COC1CCCC(Cl)C1. The van der Waals surface area contributed by atoms with Crippen LogP contribution in [0.3, 0.4) is 0 Å². The molecule has 2 nitrogen and oxygen atoms in total. The van der Waals surface area contributed by atoms with Crippen LogP contribution in [0.25, 0.3) is 0 Å². The zero-order valence-electron chi connectivity index (χ0n) is 7.79. The van der Waals surface area contributed by atoms with Crippen LogP contribution in [0.1, 0.15) is 25.7 Å². The molecule has 3 atom stereocenters. The molecule has 0 aromatic carbocycles. The normalized spacial score (nSPS) is 31.2. The number of halogens is 1. The van der Waals surface area contributed by atoms with Crippen molar-refractivity contribution in [2.45, 2.75) is 43.3 Å². The first-order valence-electron chi connectivity index (χ1n) is 4.78. The average Bonchev–Trinajstić information content (AvgIpc) is 2.14. The van der Waals surface area contributed by atoms with E-state index in [1.807, 2.05) is 0 Å². The second-order valence-corrected chi connectivity index (χ2v) is 4.14. The number of aliphatic hydroxyl groups excluding tert-OH is 1. The second kappa shape index (κ2) is 5.63. The molecule has 0 spiro atoms. The summed E-state index contributed by atoms with van der Waals surface area (Å²) in [4.78, 5) is 0. The Balaban J connectivity index is 2.16. The van der Waals surface area contributed by atoms with Crippen molar-refractivity contribution in [1.29, 1.82) is 0 Å². The standard InChI is InChI=1S/C10H17ClO2/c1-2-9(12)7-13-10-5-3-4-8(11)6-10/h2,8-10,12H,1,3-7H2. The molecule has 0 heterocycles. The third kappa shape index (κ3) is 4.12. The highest BCUT2D eigenvalue weighted by atomic mass is 35.5. The van der Waals surface area contributed by atoms with Gasteiger partial charge in [-0.15, -0.1) is 18.2 Å². The zero-order chi connectivity index (χ0) is 9.68. The van der Waals surface area contributed by atoms with Crippen molar-refractivity contribution in [3.63, 3.8) is 0 Å². The Morgan fingerprint density at radius 1 is 1.62 bits per heavy atom. The second-order valence-electron chi connectivity index (χ2n) is 3.52. The monoisotopic (exact) mass is 204 g/mol. The number of ether oxygens (including phenoxy) is 1. The third-order valence-electron chi connectivity index (χ3n) is 2.34. The Kier molecular flexibility index (Phi) is 4.78. The molecular weight excluding hydrogens is 188 g/mol. The molecule has 0 aromatic heterocycles. The minimum absolute atomic E-state index is 0.228. The van der Waals surface area contributed by atoms with Crippen LogP contribution in [0.5, 0.6) is 0 Å². The maximum atomic E-state index is 9.18. The van der Waals surface area contributed by atoms with Crippen molar-refractivity contribution in [2.75, 3.05) is 6.61 Å². The lowest BCUT2D eigenvalue weighted by Gasteiger charge is -2.26. The molecular formula is C10H17ClO2. The minimum Gasteiger partial charge on any atom is -0.387 e. The first-order valence-corrected chi connectivity index (χ1v) is 5.22. The molecule has 1 fully saturated rings. The Labute approximate surface area is 84.5 Å². The van der Waals surface area contributed by atoms with Gasteiger partial charge in [0.15, 0.2) is 0 Å². The van der Waals surface area contributed by atoms with Crippen LogP contribution in [0.4, 0.5) is 0 Å². The quantitative estimate of drug-likeness (QED) is 0.562. The summed E-state index contributed by atoms with van der Waals surface area (Å²) in [6.07, 6.45) is 5.36. The van der Waals surface area contributed by atoms with Gasteiger partial charge in [-0.25, -0.2) is 0 Å². The van der Waals surface area contributed by atoms with Crippen molar-refractivity contribution < 1.29 is 9.84 Å².